The summed E-state index contributed by atoms with van der Waals surface area (Å²) in [6.45, 7) is 7.11. The van der Waals surface area contributed by atoms with Gasteiger partial charge in [0.05, 0.1) is 20.2 Å². The Balaban J connectivity index is 3.47. The normalized spacial score (nSPS) is 12.7. The van der Waals surface area contributed by atoms with Crippen molar-refractivity contribution in [1.82, 2.24) is 0 Å². The fraction of sp³-hybridized carbons (Fsp3) is 0.500. The molecule has 0 aliphatic carbocycles. The molecule has 0 saturated heterocycles. The maximum Gasteiger partial charge on any atom is 0.416 e. The zero-order valence-electron chi connectivity index (χ0n) is 10.8. The molecule has 0 aliphatic rings. The molecule has 0 spiro atoms. The minimum Gasteiger partial charge on any atom is -0.491 e. The van der Waals surface area contributed by atoms with Crippen LogP contribution in [0.2, 0.25) is 19.6 Å². The second-order valence-corrected chi connectivity index (χ2v) is 10.1. The van der Waals surface area contributed by atoms with Crippen molar-refractivity contribution in [3.8, 4) is 5.75 Å². The van der Waals surface area contributed by atoms with E-state index < -0.39 is 25.6 Å². The van der Waals surface area contributed by atoms with Crippen LogP contribution in [0.4, 0.5) is 17.6 Å². The number of benzene rings is 1. The summed E-state index contributed by atoms with van der Waals surface area (Å²) < 4.78 is 57.3. The fourth-order valence-electron chi connectivity index (χ4n) is 1.57. The number of hydrogen-bond donors (Lipinski definition) is 0. The largest absolute Gasteiger partial charge is 0.491 e. The average molecular weight is 280 g/mol. The molecule has 1 nitrogen and oxygen atoms in total. The minimum absolute atomic E-state index is 0.128. The smallest absolute Gasteiger partial charge is 0.416 e. The number of alkyl halides is 3. The Morgan fingerprint density at radius 1 is 1.17 bits per heavy atom. The molecule has 0 aliphatic heterocycles. The van der Waals surface area contributed by atoms with Gasteiger partial charge in [-0.3, -0.25) is 0 Å². The summed E-state index contributed by atoms with van der Waals surface area (Å²) in [7, 11) is -2.20. The first kappa shape index (κ1) is 15.0. The summed E-state index contributed by atoms with van der Waals surface area (Å²) in [5, 5.41) is 0.140. The summed E-state index contributed by atoms with van der Waals surface area (Å²) >= 11 is 0. The maximum absolute atomic E-state index is 14.1. The van der Waals surface area contributed by atoms with Gasteiger partial charge in [-0.05, 0) is 24.2 Å². The molecule has 0 aromatic heterocycles. The Kier molecular flexibility index (Phi) is 4.10. The lowest BCUT2D eigenvalue weighted by atomic mass is 10.2. The molecule has 0 heterocycles. The number of hydrogen-bond acceptors (Lipinski definition) is 1. The van der Waals surface area contributed by atoms with Gasteiger partial charge in [0.2, 0.25) is 0 Å². The van der Waals surface area contributed by atoms with E-state index in [1.54, 1.807) is 26.6 Å². The second kappa shape index (κ2) is 4.91. The van der Waals surface area contributed by atoms with Crippen LogP contribution < -0.4 is 9.92 Å². The SMILES string of the molecule is CCOc1cc(C(F)(F)F)cc([Si](C)(C)C)c1F. The van der Waals surface area contributed by atoms with Crippen LogP contribution in [0.3, 0.4) is 0 Å². The molecular weight excluding hydrogens is 264 g/mol. The van der Waals surface area contributed by atoms with Crippen LogP contribution in [0.5, 0.6) is 5.75 Å². The molecule has 1 aromatic carbocycles. The van der Waals surface area contributed by atoms with Crippen LogP contribution >= 0.6 is 0 Å². The van der Waals surface area contributed by atoms with Gasteiger partial charge in [-0.2, -0.15) is 13.2 Å². The van der Waals surface area contributed by atoms with E-state index in [0.29, 0.717) is 0 Å². The van der Waals surface area contributed by atoms with Crippen LogP contribution in [-0.2, 0) is 6.18 Å². The van der Waals surface area contributed by atoms with Crippen molar-refractivity contribution in [1.29, 1.82) is 0 Å². The Hall–Kier alpha value is -1.04. The van der Waals surface area contributed by atoms with Crippen LogP contribution in [0.15, 0.2) is 12.1 Å². The van der Waals surface area contributed by atoms with Crippen molar-refractivity contribution in [3.05, 3.63) is 23.5 Å². The van der Waals surface area contributed by atoms with Gasteiger partial charge in [-0.15, -0.1) is 0 Å². The zero-order valence-corrected chi connectivity index (χ0v) is 11.8. The summed E-state index contributed by atoms with van der Waals surface area (Å²) in [6, 6.07) is 1.63. The summed E-state index contributed by atoms with van der Waals surface area (Å²) in [6.07, 6.45) is -4.49. The zero-order chi connectivity index (χ0) is 14.1. The molecule has 102 valence electrons. The topological polar surface area (TPSA) is 9.23 Å². The average Bonchev–Trinajstić information content (AvgIpc) is 2.17. The van der Waals surface area contributed by atoms with Gasteiger partial charge in [-0.25, -0.2) is 4.39 Å². The maximum atomic E-state index is 14.1. The molecule has 0 unspecified atom stereocenters. The van der Waals surface area contributed by atoms with Gasteiger partial charge in [0, 0.05) is 0 Å². The van der Waals surface area contributed by atoms with Crippen LogP contribution in [0.25, 0.3) is 0 Å². The van der Waals surface area contributed by atoms with Gasteiger partial charge < -0.3 is 4.74 Å². The molecule has 0 saturated carbocycles. The summed E-state index contributed by atoms with van der Waals surface area (Å²) in [5.74, 6) is -0.978. The first-order valence-corrected chi connectivity index (χ1v) is 9.11. The van der Waals surface area contributed by atoms with Crippen LogP contribution in [-0.4, -0.2) is 14.7 Å². The van der Waals surface area contributed by atoms with Crippen molar-refractivity contribution in [2.24, 2.45) is 0 Å². The van der Waals surface area contributed by atoms with Crippen LogP contribution in [0.1, 0.15) is 12.5 Å². The second-order valence-electron chi connectivity index (χ2n) is 5.02. The Morgan fingerprint density at radius 3 is 2.11 bits per heavy atom. The molecule has 18 heavy (non-hydrogen) atoms. The van der Waals surface area contributed by atoms with Gasteiger partial charge in [-0.1, -0.05) is 19.6 Å². The molecule has 0 bridgehead atoms. The van der Waals surface area contributed by atoms with Gasteiger partial charge in [0.1, 0.15) is 0 Å². The molecule has 1 aromatic rings. The molecule has 0 atom stereocenters. The van der Waals surface area contributed by atoms with E-state index in [1.807, 2.05) is 0 Å². The molecule has 0 N–H and O–H groups in total. The highest BCUT2D eigenvalue weighted by molar-refractivity contribution is 6.88. The summed E-state index contributed by atoms with van der Waals surface area (Å²) in [5.41, 5.74) is -0.857. The van der Waals surface area contributed by atoms with Gasteiger partial charge in [0.15, 0.2) is 11.6 Å². The van der Waals surface area contributed by atoms with E-state index in [-0.39, 0.29) is 17.5 Å². The summed E-state index contributed by atoms with van der Waals surface area (Å²) in [4.78, 5) is 0. The highest BCUT2D eigenvalue weighted by Crippen LogP contribution is 2.32. The third-order valence-electron chi connectivity index (χ3n) is 2.47. The number of halogens is 4. The monoisotopic (exact) mass is 280 g/mol. The molecule has 0 fully saturated rings. The van der Waals surface area contributed by atoms with Crippen molar-refractivity contribution in [2.45, 2.75) is 32.7 Å². The molecule has 0 amide bonds. The minimum atomic E-state index is -4.49. The molecule has 6 heteroatoms. The molecule has 0 radical (unpaired) electrons. The predicted octanol–water partition coefficient (Wildman–Crippen LogP) is 3.79. The van der Waals surface area contributed by atoms with Crippen molar-refractivity contribution < 1.29 is 22.3 Å². The first-order valence-electron chi connectivity index (χ1n) is 5.61. The Bertz CT molecular complexity index is 435. The number of rotatable bonds is 3. The molecular formula is C12H16F4OSi. The predicted molar refractivity (Wildman–Crippen MR) is 65.6 cm³/mol. The fourth-order valence-corrected chi connectivity index (χ4v) is 2.94. The van der Waals surface area contributed by atoms with E-state index in [0.717, 1.165) is 12.1 Å². The van der Waals surface area contributed by atoms with E-state index in [4.69, 9.17) is 4.74 Å². The van der Waals surface area contributed by atoms with E-state index in [9.17, 15) is 17.6 Å². The van der Waals surface area contributed by atoms with Crippen molar-refractivity contribution in [3.63, 3.8) is 0 Å². The van der Waals surface area contributed by atoms with E-state index in [1.165, 1.54) is 0 Å². The van der Waals surface area contributed by atoms with Crippen LogP contribution in [0, 0.1) is 5.82 Å². The lowest BCUT2D eigenvalue weighted by Crippen LogP contribution is -2.41. The third-order valence-corrected chi connectivity index (χ3v) is 4.45. The Morgan fingerprint density at radius 2 is 1.72 bits per heavy atom. The lowest BCUT2D eigenvalue weighted by molar-refractivity contribution is -0.137. The third kappa shape index (κ3) is 3.25. The highest BCUT2D eigenvalue weighted by Gasteiger charge is 2.35. The van der Waals surface area contributed by atoms with Crippen molar-refractivity contribution >= 4 is 13.3 Å². The van der Waals surface area contributed by atoms with Gasteiger partial charge >= 0.3 is 6.18 Å². The lowest BCUT2D eigenvalue weighted by Gasteiger charge is -2.21. The quantitative estimate of drug-likeness (QED) is 0.604. The van der Waals surface area contributed by atoms with Crippen molar-refractivity contribution in [2.75, 3.05) is 6.61 Å². The van der Waals surface area contributed by atoms with Gasteiger partial charge in [0.25, 0.3) is 0 Å². The first-order chi connectivity index (χ1) is 8.07. The Labute approximate surface area is 105 Å². The van der Waals surface area contributed by atoms with E-state index >= 15 is 0 Å². The van der Waals surface area contributed by atoms with E-state index in [2.05, 4.69) is 0 Å². The standard InChI is InChI=1S/C12H16F4OSi/c1-5-17-9-6-8(12(14,15)16)7-10(11(9)13)18(2,3)4/h6-7H,5H2,1-4H3. The number of ether oxygens (including phenoxy) is 1. The highest BCUT2D eigenvalue weighted by atomic mass is 28.3. The molecule has 1 rings (SSSR count).